The number of ether oxygens (including phenoxy) is 1. The number of nitrogens with one attached hydrogen (secondary N) is 1. The van der Waals surface area contributed by atoms with Gasteiger partial charge in [0.1, 0.15) is 5.75 Å². The molecule has 2 heterocycles. The molecule has 2 aromatic heterocycles. The average Bonchev–Trinajstić information content (AvgIpc) is 3.05. The summed E-state index contributed by atoms with van der Waals surface area (Å²) in [6.45, 7) is 8.57. The Morgan fingerprint density at radius 2 is 1.96 bits per heavy atom. The third kappa shape index (κ3) is 3.82. The van der Waals surface area contributed by atoms with Crippen LogP contribution in [0.25, 0.3) is 4.96 Å². The molecule has 0 radical (unpaired) electrons. The first-order chi connectivity index (χ1) is 12.0. The Labute approximate surface area is 150 Å². The highest BCUT2D eigenvalue weighted by molar-refractivity contribution is 7.17. The van der Waals surface area contributed by atoms with Crippen molar-refractivity contribution in [2.24, 2.45) is 0 Å². The normalized spacial score (nSPS) is 11.0. The van der Waals surface area contributed by atoms with Gasteiger partial charge in [0.15, 0.2) is 0 Å². The molecule has 3 aromatic rings. The van der Waals surface area contributed by atoms with Gasteiger partial charge >= 0.3 is 0 Å². The first-order valence-electron chi connectivity index (χ1n) is 8.27. The lowest BCUT2D eigenvalue weighted by molar-refractivity contribution is -0.116. The summed E-state index contributed by atoms with van der Waals surface area (Å²) >= 11 is 1.57. The standard InChI is InChI=1S/C18H22N4O2S/c1-11-7-5-8-12(2)16(11)24-10-6-9-15(23)19-17-20-18-22(21-17)13(3)14(4)25-18/h5,7-8H,6,9-10H2,1-4H3,(H,19,21,23). The Kier molecular flexibility index (Phi) is 5.03. The number of hydrogen-bond acceptors (Lipinski definition) is 5. The van der Waals surface area contributed by atoms with Gasteiger partial charge in [0, 0.05) is 11.3 Å². The van der Waals surface area contributed by atoms with E-state index in [1.54, 1.807) is 15.9 Å². The molecular formula is C18H22N4O2S. The number of hydrogen-bond donors (Lipinski definition) is 1. The number of aromatic nitrogens is 3. The van der Waals surface area contributed by atoms with Gasteiger partial charge in [-0.1, -0.05) is 29.5 Å². The Balaban J connectivity index is 1.49. The van der Waals surface area contributed by atoms with Crippen molar-refractivity contribution >= 4 is 28.2 Å². The van der Waals surface area contributed by atoms with Crippen LogP contribution < -0.4 is 10.1 Å². The molecule has 0 aliphatic heterocycles. The second-order valence-electron chi connectivity index (χ2n) is 6.09. The SMILES string of the molecule is Cc1cccc(C)c1OCCCC(=O)Nc1nc2sc(C)c(C)n2n1. The number of rotatable bonds is 6. The number of nitrogens with zero attached hydrogens (tertiary/aromatic N) is 3. The molecular weight excluding hydrogens is 336 g/mol. The van der Waals surface area contributed by atoms with E-state index in [1.165, 1.54) is 4.88 Å². The molecule has 0 saturated heterocycles. The highest BCUT2D eigenvalue weighted by Gasteiger charge is 2.12. The Morgan fingerprint density at radius 3 is 2.64 bits per heavy atom. The number of aryl methyl sites for hydroxylation is 4. The molecule has 0 unspecified atom stereocenters. The smallest absolute Gasteiger partial charge is 0.250 e. The van der Waals surface area contributed by atoms with Gasteiger partial charge in [-0.3, -0.25) is 10.1 Å². The number of anilines is 1. The van der Waals surface area contributed by atoms with E-state index in [0.717, 1.165) is 27.5 Å². The minimum atomic E-state index is -0.0993. The quantitative estimate of drug-likeness (QED) is 0.680. The molecule has 0 aliphatic carbocycles. The molecule has 0 aliphatic rings. The van der Waals surface area contributed by atoms with Crippen molar-refractivity contribution < 1.29 is 9.53 Å². The molecule has 3 rings (SSSR count). The lowest BCUT2D eigenvalue weighted by Gasteiger charge is -2.11. The molecule has 0 atom stereocenters. The van der Waals surface area contributed by atoms with Gasteiger partial charge in [-0.05, 0) is 45.2 Å². The van der Waals surface area contributed by atoms with Crippen molar-refractivity contribution in [3.63, 3.8) is 0 Å². The number of thiazole rings is 1. The van der Waals surface area contributed by atoms with E-state index in [2.05, 4.69) is 15.4 Å². The highest BCUT2D eigenvalue weighted by Crippen LogP contribution is 2.23. The van der Waals surface area contributed by atoms with E-state index in [0.29, 0.717) is 25.4 Å². The highest BCUT2D eigenvalue weighted by atomic mass is 32.1. The fourth-order valence-corrected chi connectivity index (χ4v) is 3.52. The van der Waals surface area contributed by atoms with Gasteiger partial charge in [0.05, 0.1) is 12.3 Å². The van der Waals surface area contributed by atoms with Gasteiger partial charge in [0.25, 0.3) is 0 Å². The third-order valence-electron chi connectivity index (χ3n) is 4.10. The van der Waals surface area contributed by atoms with E-state index in [-0.39, 0.29) is 5.91 Å². The number of fused-ring (bicyclic) bond motifs is 1. The predicted octanol–water partition coefficient (Wildman–Crippen LogP) is 3.82. The average molecular weight is 358 g/mol. The van der Waals surface area contributed by atoms with E-state index < -0.39 is 0 Å². The number of amides is 1. The minimum absolute atomic E-state index is 0.0993. The summed E-state index contributed by atoms with van der Waals surface area (Å²) in [5.41, 5.74) is 3.27. The molecule has 0 saturated carbocycles. The van der Waals surface area contributed by atoms with Crippen LogP contribution in [0.15, 0.2) is 18.2 Å². The van der Waals surface area contributed by atoms with Crippen molar-refractivity contribution in [2.75, 3.05) is 11.9 Å². The second kappa shape index (κ2) is 7.23. The summed E-state index contributed by atoms with van der Waals surface area (Å²) in [5.74, 6) is 1.16. The maximum Gasteiger partial charge on any atom is 0.250 e. The van der Waals surface area contributed by atoms with Crippen molar-refractivity contribution in [1.29, 1.82) is 0 Å². The number of carbonyl (C=O) groups is 1. The largest absolute Gasteiger partial charge is 0.493 e. The summed E-state index contributed by atoms with van der Waals surface area (Å²) in [6.07, 6.45) is 1.01. The second-order valence-corrected chi connectivity index (χ2v) is 7.28. The summed E-state index contributed by atoms with van der Waals surface area (Å²) < 4.78 is 7.58. The topological polar surface area (TPSA) is 68.5 Å². The Morgan fingerprint density at radius 1 is 1.24 bits per heavy atom. The Bertz CT molecular complexity index is 893. The summed E-state index contributed by atoms with van der Waals surface area (Å²) in [4.78, 5) is 18.4. The monoisotopic (exact) mass is 358 g/mol. The molecule has 1 amide bonds. The third-order valence-corrected chi connectivity index (χ3v) is 5.15. The van der Waals surface area contributed by atoms with E-state index in [1.807, 2.05) is 45.9 Å². The summed E-state index contributed by atoms with van der Waals surface area (Å²) in [5, 5.41) is 7.08. The van der Waals surface area contributed by atoms with Crippen LogP contribution in [0.2, 0.25) is 0 Å². The van der Waals surface area contributed by atoms with E-state index in [9.17, 15) is 4.79 Å². The van der Waals surface area contributed by atoms with Crippen LogP contribution >= 0.6 is 11.3 Å². The van der Waals surface area contributed by atoms with E-state index in [4.69, 9.17) is 4.74 Å². The Hall–Kier alpha value is -2.41. The molecule has 7 heteroatoms. The molecule has 1 N–H and O–H groups in total. The van der Waals surface area contributed by atoms with Crippen LogP contribution in [0.4, 0.5) is 5.95 Å². The van der Waals surface area contributed by atoms with Crippen molar-refractivity contribution in [1.82, 2.24) is 14.6 Å². The van der Waals surface area contributed by atoms with Gasteiger partial charge in [-0.25, -0.2) is 4.52 Å². The van der Waals surface area contributed by atoms with Gasteiger partial charge < -0.3 is 4.74 Å². The zero-order chi connectivity index (χ0) is 18.0. The predicted molar refractivity (Wildman–Crippen MR) is 99.6 cm³/mol. The van der Waals surface area contributed by atoms with Crippen LogP contribution in [-0.2, 0) is 4.79 Å². The molecule has 0 fully saturated rings. The van der Waals surface area contributed by atoms with Crippen LogP contribution in [0.1, 0.15) is 34.5 Å². The number of para-hydroxylation sites is 1. The molecule has 6 nitrogen and oxygen atoms in total. The fourth-order valence-electron chi connectivity index (χ4n) is 2.62. The van der Waals surface area contributed by atoms with Crippen LogP contribution in [0.3, 0.4) is 0 Å². The summed E-state index contributed by atoms with van der Waals surface area (Å²) in [7, 11) is 0. The molecule has 0 bridgehead atoms. The van der Waals surface area contributed by atoms with Gasteiger partial charge in [0.2, 0.25) is 16.8 Å². The van der Waals surface area contributed by atoms with Gasteiger partial charge in [-0.15, -0.1) is 5.10 Å². The zero-order valence-corrected chi connectivity index (χ0v) is 15.7. The number of benzene rings is 1. The molecule has 1 aromatic carbocycles. The lowest BCUT2D eigenvalue weighted by Crippen LogP contribution is -2.14. The molecule has 132 valence electrons. The minimum Gasteiger partial charge on any atom is -0.493 e. The maximum absolute atomic E-state index is 12.1. The summed E-state index contributed by atoms with van der Waals surface area (Å²) in [6, 6.07) is 6.06. The molecule has 25 heavy (non-hydrogen) atoms. The van der Waals surface area contributed by atoms with Gasteiger partial charge in [-0.2, -0.15) is 4.98 Å². The number of carbonyl (C=O) groups excluding carboxylic acids is 1. The maximum atomic E-state index is 12.1. The van der Waals surface area contributed by atoms with Crippen LogP contribution in [0, 0.1) is 27.7 Å². The zero-order valence-electron chi connectivity index (χ0n) is 14.9. The molecule has 0 spiro atoms. The fraction of sp³-hybridized carbons (Fsp3) is 0.389. The first kappa shape index (κ1) is 17.4. The first-order valence-corrected chi connectivity index (χ1v) is 9.09. The van der Waals surface area contributed by atoms with Crippen molar-refractivity contribution in [3.05, 3.63) is 39.9 Å². The van der Waals surface area contributed by atoms with E-state index >= 15 is 0 Å². The van der Waals surface area contributed by atoms with Crippen molar-refractivity contribution in [3.8, 4) is 5.75 Å². The van der Waals surface area contributed by atoms with Crippen LogP contribution in [-0.4, -0.2) is 27.1 Å². The van der Waals surface area contributed by atoms with Crippen molar-refractivity contribution in [2.45, 2.75) is 40.5 Å². The van der Waals surface area contributed by atoms with Crippen LogP contribution in [0.5, 0.6) is 5.75 Å². The lowest BCUT2D eigenvalue weighted by atomic mass is 10.1.